The Bertz CT molecular complexity index is 1180. The molecule has 25 heavy (non-hydrogen) atoms. The topological polar surface area (TPSA) is 67.5 Å². The fourth-order valence-electron chi connectivity index (χ4n) is 2.92. The van der Waals surface area contributed by atoms with Gasteiger partial charge in [-0.2, -0.15) is 0 Å². The lowest BCUT2D eigenvalue weighted by Gasteiger charge is -2.07. The number of fused-ring (bicyclic) bond motifs is 2. The summed E-state index contributed by atoms with van der Waals surface area (Å²) < 4.78 is 5.83. The molecule has 4 aromatic rings. The Labute approximate surface area is 143 Å². The summed E-state index contributed by atoms with van der Waals surface area (Å²) in [7, 11) is 0. The van der Waals surface area contributed by atoms with Crippen LogP contribution >= 0.6 is 0 Å². The Morgan fingerprint density at radius 1 is 0.960 bits per heavy atom. The number of ketones is 1. The molecule has 0 fully saturated rings. The van der Waals surface area contributed by atoms with Crippen molar-refractivity contribution in [3.8, 4) is 17.1 Å². The van der Waals surface area contributed by atoms with E-state index in [1.807, 2.05) is 24.3 Å². The van der Waals surface area contributed by atoms with Crippen LogP contribution in [-0.4, -0.2) is 10.9 Å². The third-order valence-corrected chi connectivity index (χ3v) is 4.29. The standard InChI is InChI=1S/C21H14O4/c1-12(22)13-6-8-14(9-7-13)21-20(24)19(23)17-10-15-4-2-3-5-16(15)11-18(17)25-21/h2-11,24H,1H3. The highest BCUT2D eigenvalue weighted by molar-refractivity contribution is 5.97. The van der Waals surface area contributed by atoms with Gasteiger partial charge in [-0.1, -0.05) is 48.5 Å². The summed E-state index contributed by atoms with van der Waals surface area (Å²) in [5.74, 6) is -0.386. The molecule has 3 aromatic carbocycles. The van der Waals surface area contributed by atoms with E-state index in [0.717, 1.165) is 10.8 Å². The molecule has 1 N–H and O–H groups in total. The summed E-state index contributed by atoms with van der Waals surface area (Å²) in [5.41, 5.74) is 1.02. The molecule has 4 nitrogen and oxygen atoms in total. The van der Waals surface area contributed by atoms with Gasteiger partial charge in [-0.25, -0.2) is 0 Å². The van der Waals surface area contributed by atoms with E-state index in [9.17, 15) is 14.7 Å². The average molecular weight is 330 g/mol. The largest absolute Gasteiger partial charge is 0.502 e. The van der Waals surface area contributed by atoms with Crippen LogP contribution in [-0.2, 0) is 0 Å². The lowest BCUT2D eigenvalue weighted by atomic mass is 10.0. The van der Waals surface area contributed by atoms with E-state index in [0.29, 0.717) is 22.1 Å². The van der Waals surface area contributed by atoms with E-state index < -0.39 is 11.2 Å². The highest BCUT2D eigenvalue weighted by Gasteiger charge is 2.16. The second-order valence-corrected chi connectivity index (χ2v) is 5.94. The molecule has 0 aliphatic heterocycles. The van der Waals surface area contributed by atoms with Crippen molar-refractivity contribution in [3.63, 3.8) is 0 Å². The number of hydrogen-bond donors (Lipinski definition) is 1. The maximum Gasteiger partial charge on any atom is 0.235 e. The van der Waals surface area contributed by atoms with E-state index in [4.69, 9.17) is 4.42 Å². The molecule has 0 bridgehead atoms. The van der Waals surface area contributed by atoms with Crippen LogP contribution in [0.25, 0.3) is 33.1 Å². The normalized spacial score (nSPS) is 11.1. The Kier molecular flexibility index (Phi) is 3.39. The minimum absolute atomic E-state index is 0.0535. The van der Waals surface area contributed by atoms with Crippen LogP contribution in [0.4, 0.5) is 0 Å². The van der Waals surface area contributed by atoms with Crippen molar-refractivity contribution >= 4 is 27.5 Å². The van der Waals surface area contributed by atoms with E-state index in [1.165, 1.54) is 6.92 Å². The van der Waals surface area contributed by atoms with Crippen molar-refractivity contribution in [2.24, 2.45) is 0 Å². The molecule has 0 spiro atoms. The van der Waals surface area contributed by atoms with Crippen molar-refractivity contribution in [2.45, 2.75) is 6.92 Å². The van der Waals surface area contributed by atoms with Gasteiger partial charge in [-0.15, -0.1) is 0 Å². The predicted molar refractivity (Wildman–Crippen MR) is 97.1 cm³/mol. The molecule has 0 aliphatic rings. The van der Waals surface area contributed by atoms with Gasteiger partial charge in [0, 0.05) is 11.1 Å². The second kappa shape index (κ2) is 5.60. The van der Waals surface area contributed by atoms with Crippen molar-refractivity contribution in [3.05, 3.63) is 76.5 Å². The molecule has 4 rings (SSSR count). The SMILES string of the molecule is CC(=O)c1ccc(-c2oc3cc4ccccc4cc3c(=O)c2O)cc1. The maximum atomic E-state index is 12.6. The van der Waals surface area contributed by atoms with E-state index in [-0.39, 0.29) is 11.5 Å². The molecule has 4 heteroatoms. The molecule has 122 valence electrons. The summed E-state index contributed by atoms with van der Waals surface area (Å²) in [5, 5.41) is 12.5. The first kappa shape index (κ1) is 15.1. The fourth-order valence-corrected chi connectivity index (χ4v) is 2.92. The number of rotatable bonds is 2. The van der Waals surface area contributed by atoms with Crippen molar-refractivity contribution in [1.29, 1.82) is 0 Å². The van der Waals surface area contributed by atoms with Crippen LogP contribution in [0.5, 0.6) is 5.75 Å². The fraction of sp³-hybridized carbons (Fsp3) is 0.0476. The highest BCUT2D eigenvalue weighted by atomic mass is 16.4. The number of carbonyl (C=O) groups excluding carboxylic acids is 1. The van der Waals surface area contributed by atoms with Gasteiger partial charge in [0.2, 0.25) is 11.2 Å². The Hall–Kier alpha value is -3.40. The van der Waals surface area contributed by atoms with Gasteiger partial charge in [0.05, 0.1) is 5.39 Å². The number of benzene rings is 3. The zero-order valence-corrected chi connectivity index (χ0v) is 13.4. The second-order valence-electron chi connectivity index (χ2n) is 5.94. The van der Waals surface area contributed by atoms with Crippen LogP contribution in [0.2, 0.25) is 0 Å². The first-order valence-corrected chi connectivity index (χ1v) is 7.84. The van der Waals surface area contributed by atoms with Crippen LogP contribution in [0.15, 0.2) is 69.9 Å². The van der Waals surface area contributed by atoms with E-state index >= 15 is 0 Å². The van der Waals surface area contributed by atoms with Gasteiger partial charge in [-0.05, 0) is 29.8 Å². The molecule has 0 atom stereocenters. The highest BCUT2D eigenvalue weighted by Crippen LogP contribution is 2.31. The average Bonchev–Trinajstić information content (AvgIpc) is 2.63. The van der Waals surface area contributed by atoms with Crippen molar-refractivity contribution in [1.82, 2.24) is 0 Å². The van der Waals surface area contributed by atoms with Gasteiger partial charge in [0.1, 0.15) is 5.58 Å². The summed E-state index contributed by atoms with van der Waals surface area (Å²) >= 11 is 0. The van der Waals surface area contributed by atoms with E-state index in [2.05, 4.69) is 0 Å². The third-order valence-electron chi connectivity index (χ3n) is 4.29. The number of carbonyl (C=O) groups is 1. The zero-order chi connectivity index (χ0) is 17.6. The molecule has 0 amide bonds. The molecule has 1 aromatic heterocycles. The van der Waals surface area contributed by atoms with Crippen LogP contribution in [0, 0.1) is 0 Å². The molecule has 0 unspecified atom stereocenters. The Morgan fingerprint density at radius 3 is 2.24 bits per heavy atom. The molecule has 0 aliphatic carbocycles. The van der Waals surface area contributed by atoms with Gasteiger partial charge in [0.25, 0.3) is 0 Å². The van der Waals surface area contributed by atoms with Crippen LogP contribution in [0.3, 0.4) is 0 Å². The molecule has 0 saturated heterocycles. The number of hydrogen-bond acceptors (Lipinski definition) is 4. The van der Waals surface area contributed by atoms with Gasteiger partial charge < -0.3 is 9.52 Å². The predicted octanol–water partition coefficient (Wildman–Crippen LogP) is 4.52. The minimum atomic E-state index is -0.474. The first-order chi connectivity index (χ1) is 12.0. The summed E-state index contributed by atoms with van der Waals surface area (Å²) in [6.07, 6.45) is 0. The lowest BCUT2D eigenvalue weighted by molar-refractivity contribution is 0.101. The van der Waals surface area contributed by atoms with Gasteiger partial charge in [-0.3, -0.25) is 9.59 Å². The number of Topliss-reactive ketones (excluding diaryl/α,β-unsaturated/α-hetero) is 1. The Morgan fingerprint density at radius 2 is 1.60 bits per heavy atom. The van der Waals surface area contributed by atoms with Gasteiger partial charge >= 0.3 is 0 Å². The minimum Gasteiger partial charge on any atom is -0.502 e. The molecular weight excluding hydrogens is 316 g/mol. The monoisotopic (exact) mass is 330 g/mol. The molecule has 0 radical (unpaired) electrons. The third kappa shape index (κ3) is 2.48. The Balaban J connectivity index is 1.98. The van der Waals surface area contributed by atoms with Crippen molar-refractivity contribution in [2.75, 3.05) is 0 Å². The lowest BCUT2D eigenvalue weighted by Crippen LogP contribution is -2.02. The van der Waals surface area contributed by atoms with Crippen molar-refractivity contribution < 1.29 is 14.3 Å². The summed E-state index contributed by atoms with van der Waals surface area (Å²) in [4.78, 5) is 24.0. The summed E-state index contributed by atoms with van der Waals surface area (Å²) in [6.45, 7) is 1.48. The van der Waals surface area contributed by atoms with Crippen LogP contribution < -0.4 is 5.43 Å². The molecular formula is C21H14O4. The first-order valence-electron chi connectivity index (χ1n) is 7.84. The molecule has 0 saturated carbocycles. The summed E-state index contributed by atoms with van der Waals surface area (Å²) in [6, 6.07) is 17.7. The molecule has 1 heterocycles. The quantitative estimate of drug-likeness (QED) is 0.433. The zero-order valence-electron chi connectivity index (χ0n) is 13.4. The smallest absolute Gasteiger partial charge is 0.235 e. The van der Waals surface area contributed by atoms with E-state index in [1.54, 1.807) is 36.4 Å². The maximum absolute atomic E-state index is 12.6. The van der Waals surface area contributed by atoms with Gasteiger partial charge in [0.15, 0.2) is 11.5 Å². The van der Waals surface area contributed by atoms with Crippen LogP contribution in [0.1, 0.15) is 17.3 Å². The number of aromatic hydroxyl groups is 1.